The van der Waals surface area contributed by atoms with E-state index in [4.69, 9.17) is 0 Å². The predicted octanol–water partition coefficient (Wildman–Crippen LogP) is 2.58. The predicted molar refractivity (Wildman–Crippen MR) is 63.4 cm³/mol. The zero-order chi connectivity index (χ0) is 11.5. The average molecular weight is 213 g/mol. The fourth-order valence-electron chi connectivity index (χ4n) is 1.68. The van der Waals surface area contributed by atoms with Gasteiger partial charge in [0.25, 0.3) is 0 Å². The molecule has 1 aromatic carbocycles. The number of allylic oxidation sites excluding steroid dienone is 1. The molecule has 0 atom stereocenters. The molecule has 0 amide bonds. The van der Waals surface area contributed by atoms with Crippen molar-refractivity contribution in [2.75, 3.05) is 0 Å². The van der Waals surface area contributed by atoms with Gasteiger partial charge in [0.2, 0.25) is 0 Å². The van der Waals surface area contributed by atoms with Crippen molar-refractivity contribution in [2.45, 2.75) is 6.92 Å². The molecular formula is C13H11NO2. The number of aromatic nitrogens is 1. The van der Waals surface area contributed by atoms with E-state index in [1.165, 1.54) is 13.0 Å². The topological polar surface area (TPSA) is 49.9 Å². The van der Waals surface area contributed by atoms with Crippen molar-refractivity contribution in [3.8, 4) is 0 Å². The Balaban J connectivity index is 2.63. The van der Waals surface area contributed by atoms with E-state index in [0.29, 0.717) is 5.56 Å². The van der Waals surface area contributed by atoms with Gasteiger partial charge in [-0.05, 0) is 24.6 Å². The highest BCUT2D eigenvalue weighted by atomic mass is 16.1. The van der Waals surface area contributed by atoms with Gasteiger partial charge in [0.1, 0.15) is 0 Å². The number of ketones is 1. The molecular weight excluding hydrogens is 202 g/mol. The van der Waals surface area contributed by atoms with Crippen molar-refractivity contribution in [1.82, 2.24) is 4.98 Å². The van der Waals surface area contributed by atoms with Gasteiger partial charge in [-0.15, -0.1) is 0 Å². The van der Waals surface area contributed by atoms with Crippen molar-refractivity contribution in [2.24, 2.45) is 0 Å². The van der Waals surface area contributed by atoms with Crippen LogP contribution in [-0.4, -0.2) is 17.1 Å². The average Bonchev–Trinajstić information content (AvgIpc) is 2.69. The number of benzene rings is 1. The van der Waals surface area contributed by atoms with Gasteiger partial charge in [-0.25, -0.2) is 0 Å². The fraction of sp³-hybridized carbons (Fsp3) is 0.0769. The maximum atomic E-state index is 10.9. The van der Waals surface area contributed by atoms with Gasteiger partial charge in [0, 0.05) is 22.7 Å². The zero-order valence-corrected chi connectivity index (χ0v) is 8.86. The van der Waals surface area contributed by atoms with Crippen LogP contribution in [0.1, 0.15) is 22.8 Å². The Morgan fingerprint density at radius 3 is 2.81 bits per heavy atom. The first-order valence-corrected chi connectivity index (χ1v) is 4.96. The number of aldehydes is 1. The van der Waals surface area contributed by atoms with E-state index in [9.17, 15) is 9.59 Å². The van der Waals surface area contributed by atoms with E-state index < -0.39 is 0 Å². The summed E-state index contributed by atoms with van der Waals surface area (Å²) in [4.78, 5) is 24.8. The molecule has 0 spiro atoms. The Bertz CT molecular complexity index is 579. The summed E-state index contributed by atoms with van der Waals surface area (Å²) in [5.41, 5.74) is 2.38. The molecule has 2 rings (SSSR count). The lowest BCUT2D eigenvalue weighted by molar-refractivity contribution is -0.112. The molecule has 16 heavy (non-hydrogen) atoms. The summed E-state index contributed by atoms with van der Waals surface area (Å²) in [5.74, 6) is -0.0137. The standard InChI is InChI=1S/C13H11NO2/c1-9(16)5-6-10-3-2-4-12-13(10)11(8-15)7-14-12/h2-8,14H,1H3/b6-5+. The molecule has 80 valence electrons. The molecule has 0 fully saturated rings. The summed E-state index contributed by atoms with van der Waals surface area (Å²) in [6, 6.07) is 5.66. The first-order valence-electron chi connectivity index (χ1n) is 4.96. The Hall–Kier alpha value is -2.16. The smallest absolute Gasteiger partial charge is 0.152 e. The lowest BCUT2D eigenvalue weighted by Crippen LogP contribution is -1.83. The normalized spacial score (nSPS) is 11.1. The van der Waals surface area contributed by atoms with Crippen molar-refractivity contribution < 1.29 is 9.59 Å². The van der Waals surface area contributed by atoms with E-state index in [1.807, 2.05) is 18.2 Å². The van der Waals surface area contributed by atoms with Crippen LogP contribution in [0.3, 0.4) is 0 Å². The van der Waals surface area contributed by atoms with Crippen LogP contribution < -0.4 is 0 Å². The number of carbonyl (C=O) groups is 2. The van der Waals surface area contributed by atoms with E-state index in [1.54, 1.807) is 12.3 Å². The number of carbonyl (C=O) groups excluding carboxylic acids is 2. The highest BCUT2D eigenvalue weighted by Crippen LogP contribution is 2.22. The van der Waals surface area contributed by atoms with Crippen molar-refractivity contribution >= 4 is 29.0 Å². The SMILES string of the molecule is CC(=O)/C=C/c1cccc2[nH]cc(C=O)c12. The van der Waals surface area contributed by atoms with Crippen LogP contribution in [0.2, 0.25) is 0 Å². The van der Waals surface area contributed by atoms with Gasteiger partial charge < -0.3 is 4.98 Å². The number of hydrogen-bond donors (Lipinski definition) is 1. The third kappa shape index (κ3) is 1.80. The van der Waals surface area contributed by atoms with Crippen LogP contribution in [-0.2, 0) is 4.79 Å². The first kappa shape index (κ1) is 10.4. The highest BCUT2D eigenvalue weighted by molar-refractivity contribution is 6.03. The fourth-order valence-corrected chi connectivity index (χ4v) is 1.68. The van der Waals surface area contributed by atoms with E-state index in [-0.39, 0.29) is 5.78 Å². The number of H-pyrrole nitrogens is 1. The van der Waals surface area contributed by atoms with Crippen molar-refractivity contribution in [3.63, 3.8) is 0 Å². The Morgan fingerprint density at radius 2 is 2.12 bits per heavy atom. The van der Waals surface area contributed by atoms with E-state index in [0.717, 1.165) is 22.8 Å². The number of fused-ring (bicyclic) bond motifs is 1. The van der Waals surface area contributed by atoms with Crippen LogP contribution in [0.4, 0.5) is 0 Å². The molecule has 3 nitrogen and oxygen atoms in total. The number of rotatable bonds is 3. The Labute approximate surface area is 92.8 Å². The summed E-state index contributed by atoms with van der Waals surface area (Å²) >= 11 is 0. The molecule has 1 heterocycles. The molecule has 3 heteroatoms. The minimum atomic E-state index is -0.0137. The van der Waals surface area contributed by atoms with E-state index >= 15 is 0 Å². The van der Waals surface area contributed by atoms with Gasteiger partial charge in [0.05, 0.1) is 0 Å². The molecule has 0 radical (unpaired) electrons. The summed E-state index contributed by atoms with van der Waals surface area (Å²) in [5, 5.41) is 0.856. The van der Waals surface area contributed by atoms with Crippen molar-refractivity contribution in [1.29, 1.82) is 0 Å². The number of nitrogens with one attached hydrogen (secondary N) is 1. The van der Waals surface area contributed by atoms with Crippen molar-refractivity contribution in [3.05, 3.63) is 41.6 Å². The van der Waals surface area contributed by atoms with Crippen LogP contribution in [0.15, 0.2) is 30.5 Å². The summed E-state index contributed by atoms with van der Waals surface area (Å²) in [7, 11) is 0. The maximum Gasteiger partial charge on any atom is 0.152 e. The highest BCUT2D eigenvalue weighted by Gasteiger charge is 2.05. The minimum Gasteiger partial charge on any atom is -0.360 e. The maximum absolute atomic E-state index is 10.9. The number of aromatic amines is 1. The molecule has 0 unspecified atom stereocenters. The van der Waals surface area contributed by atoms with E-state index in [2.05, 4.69) is 4.98 Å². The minimum absolute atomic E-state index is 0.0137. The Morgan fingerprint density at radius 1 is 1.31 bits per heavy atom. The van der Waals surface area contributed by atoms with Gasteiger partial charge in [-0.2, -0.15) is 0 Å². The lowest BCUT2D eigenvalue weighted by atomic mass is 10.1. The van der Waals surface area contributed by atoms with Gasteiger partial charge in [-0.3, -0.25) is 9.59 Å². The molecule has 0 bridgehead atoms. The monoisotopic (exact) mass is 213 g/mol. The van der Waals surface area contributed by atoms with Gasteiger partial charge in [-0.1, -0.05) is 18.2 Å². The third-order valence-corrected chi connectivity index (χ3v) is 2.39. The Kier molecular flexibility index (Phi) is 2.68. The molecule has 2 aromatic rings. The quantitative estimate of drug-likeness (QED) is 0.629. The van der Waals surface area contributed by atoms with Gasteiger partial charge in [0.15, 0.2) is 12.1 Å². The molecule has 0 saturated heterocycles. The number of hydrogen-bond acceptors (Lipinski definition) is 2. The van der Waals surface area contributed by atoms with Crippen LogP contribution >= 0.6 is 0 Å². The second-order valence-electron chi connectivity index (χ2n) is 3.58. The first-order chi connectivity index (χ1) is 7.72. The molecule has 0 aliphatic rings. The molecule has 1 aromatic heterocycles. The molecule has 1 N–H and O–H groups in total. The second kappa shape index (κ2) is 4.14. The molecule has 0 aliphatic heterocycles. The second-order valence-corrected chi connectivity index (χ2v) is 3.58. The lowest BCUT2D eigenvalue weighted by Gasteiger charge is -1.97. The van der Waals surface area contributed by atoms with Crippen LogP contribution in [0.5, 0.6) is 0 Å². The molecule has 0 saturated carbocycles. The zero-order valence-electron chi connectivity index (χ0n) is 8.86. The summed E-state index contributed by atoms with van der Waals surface area (Å²) < 4.78 is 0. The summed E-state index contributed by atoms with van der Waals surface area (Å²) in [6.07, 6.45) is 5.70. The van der Waals surface area contributed by atoms with Crippen LogP contribution in [0.25, 0.3) is 17.0 Å². The van der Waals surface area contributed by atoms with Crippen LogP contribution in [0, 0.1) is 0 Å². The summed E-state index contributed by atoms with van der Waals surface area (Å²) in [6.45, 7) is 1.49. The largest absolute Gasteiger partial charge is 0.360 e. The third-order valence-electron chi connectivity index (χ3n) is 2.39. The molecule has 0 aliphatic carbocycles. The van der Waals surface area contributed by atoms with Gasteiger partial charge >= 0.3 is 0 Å².